The Balaban J connectivity index is 0.000000365. The maximum absolute atomic E-state index is 13.2. The Labute approximate surface area is 374 Å². The van der Waals surface area contributed by atoms with Crippen molar-refractivity contribution in [3.05, 3.63) is 73.3 Å². The number of ether oxygens (including phenoxy) is 2. The quantitative estimate of drug-likeness (QED) is 0.0681. The van der Waals surface area contributed by atoms with Crippen molar-refractivity contribution in [1.29, 1.82) is 0 Å². The summed E-state index contributed by atoms with van der Waals surface area (Å²) in [6, 6.07) is 16.6. The second kappa shape index (κ2) is 22.4. The van der Waals surface area contributed by atoms with Crippen molar-refractivity contribution in [2.45, 2.75) is 163 Å². The molecule has 2 aliphatic rings. The van der Waals surface area contributed by atoms with Gasteiger partial charge >= 0.3 is 0 Å². The molecule has 2 aliphatic heterocycles. The van der Waals surface area contributed by atoms with Crippen molar-refractivity contribution in [2.24, 2.45) is 17.8 Å². The molecule has 62 heavy (non-hydrogen) atoms. The van der Waals surface area contributed by atoms with Crippen LogP contribution in [0.2, 0.25) is 36.3 Å². The summed E-state index contributed by atoms with van der Waals surface area (Å²) in [5.41, 5.74) is 0. The molecule has 16 heteroatoms. The summed E-state index contributed by atoms with van der Waals surface area (Å²) in [5.74, 6) is -1.23. The first-order valence-electron chi connectivity index (χ1n) is 21.8. The molecule has 2 saturated heterocycles. The van der Waals surface area contributed by atoms with Crippen LogP contribution in [-0.2, 0) is 42.8 Å². The van der Waals surface area contributed by atoms with Gasteiger partial charge in [-0.15, -0.1) is 6.58 Å². The molecule has 352 valence electrons. The van der Waals surface area contributed by atoms with E-state index in [2.05, 4.69) is 81.2 Å². The fraction of sp³-hybridized carbons (Fsp3) is 0.674. The van der Waals surface area contributed by atoms with Crippen LogP contribution < -0.4 is 0 Å². The highest BCUT2D eigenvalue weighted by Crippen LogP contribution is 2.43. The summed E-state index contributed by atoms with van der Waals surface area (Å²) in [7, 11) is -11.2. The number of sulfone groups is 2. The molecular formula is C46H76O12S2Si2. The number of aliphatic hydroxyl groups is 3. The van der Waals surface area contributed by atoms with Gasteiger partial charge in [0.25, 0.3) is 0 Å². The highest BCUT2D eigenvalue weighted by molar-refractivity contribution is 7.91. The van der Waals surface area contributed by atoms with Crippen molar-refractivity contribution < 1.29 is 55.3 Å². The lowest BCUT2D eigenvalue weighted by molar-refractivity contribution is -0.110. The minimum Gasteiger partial charge on any atom is -0.414 e. The van der Waals surface area contributed by atoms with Gasteiger partial charge in [0, 0.05) is 31.1 Å². The number of hydrogen-bond acceptors (Lipinski definition) is 12. The van der Waals surface area contributed by atoms with Crippen LogP contribution in [0.1, 0.15) is 74.1 Å². The summed E-state index contributed by atoms with van der Waals surface area (Å²) in [4.78, 5) is 12.0. The molecular weight excluding hydrogens is 865 g/mol. The topological polar surface area (TPSA) is 183 Å². The van der Waals surface area contributed by atoms with E-state index in [-0.39, 0.29) is 63.4 Å². The number of hydrogen-bond donors (Lipinski definition) is 3. The molecule has 0 saturated carbocycles. The first-order valence-corrected chi connectivity index (χ1v) is 30.9. The molecule has 0 aliphatic carbocycles. The minimum atomic E-state index is -3.57. The number of aldehydes is 1. The fourth-order valence-corrected chi connectivity index (χ4v) is 13.3. The first kappa shape index (κ1) is 54.2. The van der Waals surface area contributed by atoms with E-state index in [0.29, 0.717) is 24.3 Å². The monoisotopic (exact) mass is 940 g/mol. The number of carbonyl (C=O) groups is 1. The molecule has 2 fully saturated rings. The minimum absolute atomic E-state index is 0.0384. The maximum Gasteiger partial charge on any atom is 0.192 e. The maximum atomic E-state index is 13.2. The summed E-state index contributed by atoms with van der Waals surface area (Å²) in [5, 5.41) is 29.1. The summed E-state index contributed by atoms with van der Waals surface area (Å²) >= 11 is 0. The van der Waals surface area contributed by atoms with Crippen molar-refractivity contribution in [1.82, 2.24) is 0 Å². The van der Waals surface area contributed by atoms with E-state index in [9.17, 15) is 31.8 Å². The molecule has 2 aromatic rings. The van der Waals surface area contributed by atoms with Gasteiger partial charge in [0.05, 0.1) is 77.2 Å². The predicted molar refractivity (Wildman–Crippen MR) is 250 cm³/mol. The van der Waals surface area contributed by atoms with Crippen LogP contribution in [0.3, 0.4) is 0 Å². The molecule has 0 radical (unpaired) electrons. The number of rotatable bonds is 20. The van der Waals surface area contributed by atoms with Crippen LogP contribution in [0.15, 0.2) is 83.1 Å². The molecule has 0 aromatic heterocycles. The second-order valence-electron chi connectivity index (χ2n) is 20.1. The lowest BCUT2D eigenvalue weighted by Crippen LogP contribution is -2.48. The third kappa shape index (κ3) is 14.7. The van der Waals surface area contributed by atoms with E-state index in [1.54, 1.807) is 54.6 Å². The van der Waals surface area contributed by atoms with E-state index < -0.39 is 79.4 Å². The number of carbonyl (C=O) groups excluding carboxylic acids is 1. The zero-order valence-electron chi connectivity index (χ0n) is 38.9. The van der Waals surface area contributed by atoms with Crippen LogP contribution in [0.4, 0.5) is 0 Å². The zero-order chi connectivity index (χ0) is 46.9. The first-order chi connectivity index (χ1) is 28.6. The van der Waals surface area contributed by atoms with Crippen molar-refractivity contribution in [2.75, 3.05) is 24.7 Å². The molecule has 0 spiro atoms. The van der Waals surface area contributed by atoms with E-state index in [4.69, 9.17) is 23.4 Å². The van der Waals surface area contributed by atoms with Crippen LogP contribution in [0, 0.1) is 17.8 Å². The molecule has 2 aromatic carbocycles. The molecule has 12 nitrogen and oxygen atoms in total. The highest BCUT2D eigenvalue weighted by Gasteiger charge is 2.48. The molecule has 0 bridgehead atoms. The van der Waals surface area contributed by atoms with Gasteiger partial charge < -0.3 is 38.4 Å². The van der Waals surface area contributed by atoms with Crippen LogP contribution in [0.25, 0.3) is 0 Å². The molecule has 2 heterocycles. The molecule has 10 atom stereocenters. The predicted octanol–water partition coefficient (Wildman–Crippen LogP) is 7.40. The van der Waals surface area contributed by atoms with E-state index in [1.807, 2.05) is 0 Å². The lowest BCUT2D eigenvalue weighted by atomic mass is 9.87. The van der Waals surface area contributed by atoms with Crippen molar-refractivity contribution in [3.8, 4) is 0 Å². The standard InChI is InChI=1S/C29H52O6SSi2.C17H24O6S/c1-22-25(21-36(31,32)24-15-13-12-14-16-24)26(17-18-30)34-27(22)19-23(35-38(10,11)29(5,6)7)20-33-37(8,9)28(2,3)4;1-2-6-15-14(17(20)16(23-15)9-12(19)10-18)11-24(21,22)13-7-4-3-5-8-13/h12-16,18,22-23,25-27H,17,19-21H2,1-11H3;2-5,7-8,12,14-20H,1,6,9-11H2/t22-,23+,25-,26+,27-;12-,14-,15-,16+,17+/m10/s1. The van der Waals surface area contributed by atoms with Gasteiger partial charge in [0.15, 0.2) is 36.3 Å². The van der Waals surface area contributed by atoms with Crippen LogP contribution in [-0.4, -0.2) is 123 Å². The molecule has 0 amide bonds. The molecule has 4 rings (SSSR count). The van der Waals surface area contributed by atoms with E-state index in [1.165, 1.54) is 12.1 Å². The van der Waals surface area contributed by atoms with Crippen LogP contribution >= 0.6 is 0 Å². The van der Waals surface area contributed by atoms with Crippen LogP contribution in [0.5, 0.6) is 0 Å². The highest BCUT2D eigenvalue weighted by atomic mass is 32.2. The third-order valence-electron chi connectivity index (χ3n) is 13.4. The number of aliphatic hydroxyl groups excluding tert-OH is 3. The van der Waals surface area contributed by atoms with Gasteiger partial charge in [0.1, 0.15) is 6.29 Å². The Morgan fingerprint density at radius 2 is 1.21 bits per heavy atom. The Morgan fingerprint density at radius 1 is 0.742 bits per heavy atom. The largest absolute Gasteiger partial charge is 0.414 e. The zero-order valence-corrected chi connectivity index (χ0v) is 42.5. The Hall–Kier alpha value is -2.10. The van der Waals surface area contributed by atoms with E-state index in [0.717, 1.165) is 6.29 Å². The third-order valence-corrected chi connectivity index (χ3v) is 26.1. The molecule has 3 N–H and O–H groups in total. The second-order valence-corrected chi connectivity index (χ2v) is 33.7. The Morgan fingerprint density at radius 3 is 1.66 bits per heavy atom. The van der Waals surface area contributed by atoms with Gasteiger partial charge in [-0.2, -0.15) is 0 Å². The van der Waals surface area contributed by atoms with Crippen molar-refractivity contribution >= 4 is 42.6 Å². The molecule has 0 unspecified atom stereocenters. The lowest BCUT2D eigenvalue weighted by Gasteiger charge is -2.42. The Bertz CT molecular complexity index is 1920. The van der Waals surface area contributed by atoms with Gasteiger partial charge in [0.2, 0.25) is 0 Å². The fourth-order valence-electron chi connectivity index (χ4n) is 7.43. The Kier molecular flexibility index (Phi) is 19.6. The van der Waals surface area contributed by atoms with E-state index >= 15 is 0 Å². The number of benzene rings is 2. The van der Waals surface area contributed by atoms with Gasteiger partial charge in [-0.3, -0.25) is 0 Å². The summed E-state index contributed by atoms with van der Waals surface area (Å²) in [6.45, 7) is 28.1. The average Bonchev–Trinajstić information content (AvgIpc) is 3.62. The average molecular weight is 941 g/mol. The SMILES string of the molecule is C=CC[C@@H]1O[C@H](C[C@H](O)CO)[C@H](O)[C@H]1CS(=O)(=O)c1ccccc1.C[C@@H]1[C@@H](CS(=O)(=O)c2ccccc2)[C@H](CC=O)O[C@@H]1C[C@@H](CO[Si](C)(C)C(C)(C)C)O[Si](C)(C)C(C)(C)C. The van der Waals surface area contributed by atoms with Gasteiger partial charge in [-0.1, -0.05) is 90.9 Å². The summed E-state index contributed by atoms with van der Waals surface area (Å²) in [6.07, 6.45) is -0.369. The normalized spacial score (nSPS) is 26.0. The van der Waals surface area contributed by atoms with Crippen molar-refractivity contribution in [3.63, 3.8) is 0 Å². The van der Waals surface area contributed by atoms with Gasteiger partial charge in [-0.25, -0.2) is 16.8 Å². The summed E-state index contributed by atoms with van der Waals surface area (Å²) < 4.78 is 77.3. The van der Waals surface area contributed by atoms with Gasteiger partial charge in [-0.05, 0) is 72.9 Å². The smallest absolute Gasteiger partial charge is 0.192 e.